The number of halogens is 3. The topological polar surface area (TPSA) is 52.4 Å². The summed E-state index contributed by atoms with van der Waals surface area (Å²) in [5.41, 5.74) is -0.315. The van der Waals surface area contributed by atoms with Gasteiger partial charge in [-0.2, -0.15) is 0 Å². The quantitative estimate of drug-likeness (QED) is 0.595. The van der Waals surface area contributed by atoms with Gasteiger partial charge in [0.25, 0.3) is 5.69 Å². The largest absolute Gasteiger partial charge is 0.573 e. The van der Waals surface area contributed by atoms with Gasteiger partial charge in [0.15, 0.2) is 0 Å². The van der Waals surface area contributed by atoms with E-state index in [1.54, 1.807) is 0 Å². The molecule has 0 amide bonds. The summed E-state index contributed by atoms with van der Waals surface area (Å²) in [6.07, 6.45) is -3.69. The van der Waals surface area contributed by atoms with Crippen LogP contribution in [0.5, 0.6) is 5.75 Å². The highest BCUT2D eigenvalue weighted by Crippen LogP contribution is 2.28. The SMILES string of the molecule is C=Cc1cc(OC(F)(F)F)cc([N+](=O)[O-])c1. The highest BCUT2D eigenvalue weighted by atomic mass is 19.4. The van der Waals surface area contributed by atoms with E-state index < -0.39 is 22.7 Å². The smallest absolute Gasteiger partial charge is 0.406 e. The van der Waals surface area contributed by atoms with Gasteiger partial charge in [0, 0.05) is 6.07 Å². The van der Waals surface area contributed by atoms with E-state index in [1.165, 1.54) is 6.08 Å². The Morgan fingerprint density at radius 1 is 1.38 bits per heavy atom. The molecule has 0 heterocycles. The monoisotopic (exact) mass is 233 g/mol. The molecule has 0 spiro atoms. The fraction of sp³-hybridized carbons (Fsp3) is 0.111. The minimum absolute atomic E-state index is 0.174. The van der Waals surface area contributed by atoms with E-state index in [1.807, 2.05) is 0 Å². The summed E-state index contributed by atoms with van der Waals surface area (Å²) in [5.74, 6) is -0.642. The summed E-state index contributed by atoms with van der Waals surface area (Å²) in [7, 11) is 0. The van der Waals surface area contributed by atoms with Crippen molar-refractivity contribution < 1.29 is 22.8 Å². The molecule has 7 heteroatoms. The van der Waals surface area contributed by atoms with Crippen LogP contribution in [-0.2, 0) is 0 Å². The van der Waals surface area contributed by atoms with Crippen LogP contribution in [-0.4, -0.2) is 11.3 Å². The van der Waals surface area contributed by atoms with E-state index in [0.29, 0.717) is 6.07 Å². The predicted octanol–water partition coefficient (Wildman–Crippen LogP) is 3.14. The van der Waals surface area contributed by atoms with Crippen molar-refractivity contribution in [1.29, 1.82) is 0 Å². The maximum absolute atomic E-state index is 11.9. The second kappa shape index (κ2) is 4.21. The van der Waals surface area contributed by atoms with Crippen molar-refractivity contribution in [3.8, 4) is 5.75 Å². The van der Waals surface area contributed by atoms with Gasteiger partial charge < -0.3 is 4.74 Å². The van der Waals surface area contributed by atoms with Gasteiger partial charge in [-0.1, -0.05) is 12.7 Å². The summed E-state index contributed by atoms with van der Waals surface area (Å²) >= 11 is 0. The number of benzene rings is 1. The van der Waals surface area contributed by atoms with Crippen LogP contribution in [0.25, 0.3) is 6.08 Å². The molecule has 4 nitrogen and oxygen atoms in total. The van der Waals surface area contributed by atoms with E-state index in [9.17, 15) is 23.3 Å². The molecule has 0 aromatic heterocycles. The minimum atomic E-state index is -4.88. The predicted molar refractivity (Wildman–Crippen MR) is 49.9 cm³/mol. The van der Waals surface area contributed by atoms with E-state index in [-0.39, 0.29) is 5.56 Å². The second-order valence-corrected chi connectivity index (χ2v) is 2.77. The molecule has 0 saturated carbocycles. The number of nitro benzene ring substituents is 1. The van der Waals surface area contributed by atoms with Crippen molar-refractivity contribution in [3.63, 3.8) is 0 Å². The van der Waals surface area contributed by atoms with Gasteiger partial charge in [0.1, 0.15) is 5.75 Å². The lowest BCUT2D eigenvalue weighted by atomic mass is 10.2. The highest BCUT2D eigenvalue weighted by molar-refractivity contribution is 5.55. The van der Waals surface area contributed by atoms with Crippen molar-refractivity contribution in [2.24, 2.45) is 0 Å². The zero-order chi connectivity index (χ0) is 12.3. The number of ether oxygens (including phenoxy) is 1. The van der Waals surface area contributed by atoms with Gasteiger partial charge in [-0.15, -0.1) is 13.2 Å². The maximum Gasteiger partial charge on any atom is 0.573 e. The summed E-state index contributed by atoms with van der Waals surface area (Å²) in [5, 5.41) is 10.4. The lowest BCUT2D eigenvalue weighted by molar-refractivity contribution is -0.385. The van der Waals surface area contributed by atoms with E-state index >= 15 is 0 Å². The van der Waals surface area contributed by atoms with Crippen LogP contribution in [0.2, 0.25) is 0 Å². The molecule has 0 aliphatic carbocycles. The van der Waals surface area contributed by atoms with Crippen molar-refractivity contribution in [2.45, 2.75) is 6.36 Å². The van der Waals surface area contributed by atoms with Gasteiger partial charge in [-0.25, -0.2) is 0 Å². The number of hydrogen-bond donors (Lipinski definition) is 0. The molecule has 16 heavy (non-hydrogen) atoms. The second-order valence-electron chi connectivity index (χ2n) is 2.77. The van der Waals surface area contributed by atoms with Crippen LogP contribution in [0, 0.1) is 10.1 Å². The van der Waals surface area contributed by atoms with Crippen molar-refractivity contribution in [3.05, 3.63) is 40.5 Å². The van der Waals surface area contributed by atoms with Crippen LogP contribution in [0.4, 0.5) is 18.9 Å². The Kier molecular flexibility index (Phi) is 3.17. The fourth-order valence-electron chi connectivity index (χ4n) is 1.02. The number of nitrogens with zero attached hydrogens (tertiary/aromatic N) is 1. The summed E-state index contributed by atoms with van der Waals surface area (Å²) in [6.45, 7) is 3.31. The highest BCUT2D eigenvalue weighted by Gasteiger charge is 2.31. The molecule has 0 unspecified atom stereocenters. The molecule has 0 saturated heterocycles. The first kappa shape index (κ1) is 12.0. The average Bonchev–Trinajstić information content (AvgIpc) is 2.14. The van der Waals surface area contributed by atoms with E-state index in [2.05, 4.69) is 11.3 Å². The third-order valence-electron chi connectivity index (χ3n) is 1.59. The number of hydrogen-bond acceptors (Lipinski definition) is 3. The van der Waals surface area contributed by atoms with Crippen LogP contribution in [0.1, 0.15) is 5.56 Å². The molecule has 0 bridgehead atoms. The third kappa shape index (κ3) is 3.26. The molecular weight excluding hydrogens is 227 g/mol. The molecule has 0 fully saturated rings. The number of rotatable bonds is 3. The fourth-order valence-corrected chi connectivity index (χ4v) is 1.02. The maximum atomic E-state index is 11.9. The number of nitro groups is 1. The Bertz CT molecular complexity index is 428. The van der Waals surface area contributed by atoms with Gasteiger partial charge >= 0.3 is 6.36 Å². The standard InChI is InChI=1S/C9H6F3NO3/c1-2-6-3-7(13(14)15)5-8(4-6)16-9(10,11)12/h2-5H,1H2. The van der Waals surface area contributed by atoms with Crippen LogP contribution in [0.15, 0.2) is 24.8 Å². The Morgan fingerprint density at radius 2 is 2.00 bits per heavy atom. The summed E-state index contributed by atoms with van der Waals surface area (Å²) in [6, 6.07) is 2.80. The van der Waals surface area contributed by atoms with Crippen molar-refractivity contribution in [2.75, 3.05) is 0 Å². The molecular formula is C9H6F3NO3. The van der Waals surface area contributed by atoms with Crippen LogP contribution in [0.3, 0.4) is 0 Å². The first-order chi connectivity index (χ1) is 7.31. The molecule has 0 N–H and O–H groups in total. The van der Waals surface area contributed by atoms with E-state index in [4.69, 9.17) is 0 Å². The summed E-state index contributed by atoms with van der Waals surface area (Å²) < 4.78 is 39.3. The van der Waals surface area contributed by atoms with Crippen LogP contribution < -0.4 is 4.74 Å². The molecule has 0 radical (unpaired) electrons. The van der Waals surface area contributed by atoms with E-state index in [0.717, 1.165) is 12.1 Å². The zero-order valence-corrected chi connectivity index (χ0v) is 7.82. The van der Waals surface area contributed by atoms with Gasteiger partial charge in [-0.05, 0) is 11.6 Å². The summed E-state index contributed by atoms with van der Waals surface area (Å²) in [4.78, 5) is 9.61. The van der Waals surface area contributed by atoms with Crippen molar-refractivity contribution >= 4 is 11.8 Å². The first-order valence-corrected chi connectivity index (χ1v) is 3.99. The molecule has 86 valence electrons. The number of non-ortho nitro benzene ring substituents is 1. The normalized spacial score (nSPS) is 10.9. The minimum Gasteiger partial charge on any atom is -0.406 e. The molecule has 0 aliphatic rings. The Hall–Kier alpha value is -2.05. The first-order valence-electron chi connectivity index (χ1n) is 3.99. The number of alkyl halides is 3. The Balaban J connectivity index is 3.14. The third-order valence-corrected chi connectivity index (χ3v) is 1.59. The van der Waals surface area contributed by atoms with Crippen LogP contribution >= 0.6 is 0 Å². The van der Waals surface area contributed by atoms with Gasteiger partial charge in [0.2, 0.25) is 0 Å². The molecule has 1 rings (SSSR count). The Labute approximate surface area is 88.1 Å². The molecule has 1 aromatic carbocycles. The van der Waals surface area contributed by atoms with Crippen molar-refractivity contribution in [1.82, 2.24) is 0 Å². The zero-order valence-electron chi connectivity index (χ0n) is 7.82. The van der Waals surface area contributed by atoms with Gasteiger partial charge in [0.05, 0.1) is 11.0 Å². The van der Waals surface area contributed by atoms with Gasteiger partial charge in [-0.3, -0.25) is 10.1 Å². The molecule has 0 atom stereocenters. The average molecular weight is 233 g/mol. The lowest BCUT2D eigenvalue weighted by Crippen LogP contribution is -2.17. The lowest BCUT2D eigenvalue weighted by Gasteiger charge is -2.09. The molecule has 0 aliphatic heterocycles. The Morgan fingerprint density at radius 3 is 2.44 bits per heavy atom. The molecule has 1 aromatic rings.